The molecule has 97 heavy (non-hydrogen) atoms. The van der Waals surface area contributed by atoms with Gasteiger partial charge in [0.1, 0.15) is 19.3 Å². The molecule has 0 bridgehead atoms. The van der Waals surface area contributed by atoms with Gasteiger partial charge in [0.2, 0.25) is 0 Å². The van der Waals surface area contributed by atoms with Gasteiger partial charge in [-0.2, -0.15) is 0 Å². The lowest BCUT2D eigenvalue weighted by Crippen LogP contribution is -2.30. The van der Waals surface area contributed by atoms with E-state index in [-0.39, 0.29) is 25.7 Å². The lowest BCUT2D eigenvalue weighted by atomic mass is 10.0. The Morgan fingerprint density at radius 1 is 0.247 bits per heavy atom. The van der Waals surface area contributed by atoms with Crippen molar-refractivity contribution in [1.82, 2.24) is 0 Å². The molecule has 0 aliphatic rings. The molecule has 0 radical (unpaired) electrons. The van der Waals surface area contributed by atoms with E-state index in [4.69, 9.17) is 37.0 Å². The van der Waals surface area contributed by atoms with Crippen molar-refractivity contribution in [3.05, 3.63) is 0 Å². The predicted octanol–water partition coefficient (Wildman–Crippen LogP) is 23.4. The summed E-state index contributed by atoms with van der Waals surface area (Å²) in [6.07, 6.45) is 64.0. The summed E-state index contributed by atoms with van der Waals surface area (Å²) in [5.41, 5.74) is 0. The molecule has 2 unspecified atom stereocenters. The molecular weight excluding hydrogens is 1270 g/mol. The average Bonchev–Trinajstić information content (AvgIpc) is 1.03. The summed E-state index contributed by atoms with van der Waals surface area (Å²) in [6, 6.07) is 0. The van der Waals surface area contributed by atoms with Gasteiger partial charge in [-0.05, 0) is 25.7 Å². The summed E-state index contributed by atoms with van der Waals surface area (Å²) in [4.78, 5) is 72.7. The summed E-state index contributed by atoms with van der Waals surface area (Å²) >= 11 is 0. The fourth-order valence-corrected chi connectivity index (χ4v) is 13.7. The third kappa shape index (κ3) is 72.2. The van der Waals surface area contributed by atoms with E-state index in [1.807, 2.05) is 0 Å². The Hall–Kier alpha value is -1.94. The number of hydrogen-bond donors (Lipinski definition) is 3. The van der Waals surface area contributed by atoms with Gasteiger partial charge in [0.25, 0.3) is 0 Å². The SMILES string of the molecule is CCCCCCCCCCCCCCCCCCCCCCCC(=O)O[C@H](COC(=O)CCCCCCCCCCCCCCCCCCC)COP(=O)(O)OC[C@@H](O)COP(=O)(O)OC[C@@H](COC(=O)CCCCCCCCCC)OC(=O)CCCCCCCCCCCCC. The second kappa shape index (κ2) is 72.4. The van der Waals surface area contributed by atoms with Crippen molar-refractivity contribution in [2.75, 3.05) is 39.6 Å². The first-order valence-electron chi connectivity index (χ1n) is 40.8. The number of rotatable bonds is 79. The second-order valence-corrected chi connectivity index (χ2v) is 31.0. The average molecular weight is 1420 g/mol. The molecular formula is C78H152O17P2. The van der Waals surface area contributed by atoms with E-state index in [1.54, 1.807) is 0 Å². The van der Waals surface area contributed by atoms with E-state index >= 15 is 0 Å². The zero-order valence-corrected chi connectivity index (χ0v) is 64.8. The molecule has 0 saturated heterocycles. The number of phosphoric ester groups is 2. The van der Waals surface area contributed by atoms with Crippen LogP contribution in [-0.2, 0) is 65.4 Å². The molecule has 0 rings (SSSR count). The first-order chi connectivity index (χ1) is 47.2. The van der Waals surface area contributed by atoms with Crippen molar-refractivity contribution >= 4 is 39.5 Å². The molecule has 0 aromatic rings. The molecule has 0 saturated carbocycles. The van der Waals surface area contributed by atoms with E-state index in [0.717, 1.165) is 96.3 Å². The predicted molar refractivity (Wildman–Crippen MR) is 395 cm³/mol. The van der Waals surface area contributed by atoms with Crippen molar-refractivity contribution < 1.29 is 80.2 Å². The minimum absolute atomic E-state index is 0.107. The van der Waals surface area contributed by atoms with E-state index < -0.39 is 97.5 Å². The standard InChI is InChI=1S/C78H152O17P2/c1-5-9-13-17-21-25-28-30-32-34-35-36-37-39-41-43-46-49-53-57-61-65-78(83)95-74(69-89-76(81)63-59-55-51-47-45-42-40-38-33-31-29-26-22-18-14-10-6-2)71-93-97(86,87)91-67-72(79)66-90-96(84,85)92-70-73(68-88-75(80)62-58-54-50-24-20-16-12-8-4)94-77(82)64-60-56-52-48-44-27-23-19-15-11-7-3/h72-74,79H,5-71H2,1-4H3,(H,84,85)(H,86,87)/t72-,73+,74+/m0/s1. The molecule has 0 aromatic carbocycles. The zero-order chi connectivity index (χ0) is 71.1. The largest absolute Gasteiger partial charge is 0.472 e. The highest BCUT2D eigenvalue weighted by Gasteiger charge is 2.30. The van der Waals surface area contributed by atoms with Gasteiger partial charge < -0.3 is 33.8 Å². The Bertz CT molecular complexity index is 1840. The summed E-state index contributed by atoms with van der Waals surface area (Å²) in [5.74, 6) is -2.11. The van der Waals surface area contributed by atoms with Gasteiger partial charge in [-0.25, -0.2) is 9.13 Å². The Morgan fingerprint density at radius 3 is 0.608 bits per heavy atom. The molecule has 5 atom stereocenters. The quantitative estimate of drug-likeness (QED) is 0.0222. The first-order valence-corrected chi connectivity index (χ1v) is 43.8. The van der Waals surface area contributed by atoms with Gasteiger partial charge in [-0.15, -0.1) is 0 Å². The van der Waals surface area contributed by atoms with Crippen LogP contribution in [0, 0.1) is 0 Å². The van der Waals surface area contributed by atoms with Crippen LogP contribution in [0.25, 0.3) is 0 Å². The van der Waals surface area contributed by atoms with Crippen LogP contribution in [0.5, 0.6) is 0 Å². The topological polar surface area (TPSA) is 237 Å². The Balaban J connectivity index is 5.17. The molecule has 0 amide bonds. The highest BCUT2D eigenvalue weighted by atomic mass is 31.2. The minimum atomic E-state index is -4.96. The zero-order valence-electron chi connectivity index (χ0n) is 63.1. The van der Waals surface area contributed by atoms with Crippen molar-refractivity contribution in [3.8, 4) is 0 Å². The molecule has 0 aliphatic carbocycles. The van der Waals surface area contributed by atoms with Crippen molar-refractivity contribution in [3.63, 3.8) is 0 Å². The number of phosphoric acid groups is 2. The molecule has 19 heteroatoms. The van der Waals surface area contributed by atoms with Crippen molar-refractivity contribution in [2.24, 2.45) is 0 Å². The lowest BCUT2D eigenvalue weighted by molar-refractivity contribution is -0.161. The van der Waals surface area contributed by atoms with Gasteiger partial charge in [0.15, 0.2) is 12.2 Å². The third-order valence-corrected chi connectivity index (χ3v) is 20.3. The summed E-state index contributed by atoms with van der Waals surface area (Å²) in [7, 11) is -9.91. The number of carbonyl (C=O) groups excluding carboxylic acids is 4. The normalized spacial score (nSPS) is 13.8. The summed E-state index contributed by atoms with van der Waals surface area (Å²) in [5, 5.41) is 10.6. The number of carbonyl (C=O) groups is 4. The Labute approximate surface area is 594 Å². The van der Waals surface area contributed by atoms with Crippen LogP contribution in [0.15, 0.2) is 0 Å². The monoisotopic (exact) mass is 1420 g/mol. The first kappa shape index (κ1) is 95.1. The highest BCUT2D eigenvalue weighted by Crippen LogP contribution is 2.45. The molecule has 0 spiro atoms. The maximum Gasteiger partial charge on any atom is 0.472 e. The highest BCUT2D eigenvalue weighted by molar-refractivity contribution is 7.47. The van der Waals surface area contributed by atoms with E-state index in [9.17, 15) is 43.2 Å². The van der Waals surface area contributed by atoms with Crippen LogP contribution in [0.1, 0.15) is 419 Å². The molecule has 0 fully saturated rings. The molecule has 576 valence electrons. The van der Waals surface area contributed by atoms with Gasteiger partial charge in [-0.1, -0.05) is 368 Å². The molecule has 17 nitrogen and oxygen atoms in total. The maximum atomic E-state index is 13.1. The van der Waals surface area contributed by atoms with Crippen molar-refractivity contribution in [1.29, 1.82) is 0 Å². The summed E-state index contributed by atoms with van der Waals surface area (Å²) < 4.78 is 68.5. The lowest BCUT2D eigenvalue weighted by Gasteiger charge is -2.21. The number of esters is 4. The van der Waals surface area contributed by atoms with Crippen LogP contribution in [0.2, 0.25) is 0 Å². The molecule has 0 aliphatic heterocycles. The number of aliphatic hydroxyl groups is 1. The van der Waals surface area contributed by atoms with Gasteiger partial charge >= 0.3 is 39.5 Å². The maximum absolute atomic E-state index is 13.1. The number of ether oxygens (including phenoxy) is 4. The number of hydrogen-bond acceptors (Lipinski definition) is 15. The van der Waals surface area contributed by atoms with Gasteiger partial charge in [0, 0.05) is 25.7 Å². The summed E-state index contributed by atoms with van der Waals surface area (Å²) in [6.45, 7) is 4.97. The third-order valence-electron chi connectivity index (χ3n) is 18.4. The van der Waals surface area contributed by atoms with Crippen LogP contribution >= 0.6 is 15.6 Å². The van der Waals surface area contributed by atoms with E-state index in [0.29, 0.717) is 25.7 Å². The van der Waals surface area contributed by atoms with E-state index in [2.05, 4.69) is 27.7 Å². The van der Waals surface area contributed by atoms with Gasteiger partial charge in [-0.3, -0.25) is 37.3 Å². The minimum Gasteiger partial charge on any atom is -0.462 e. The fraction of sp³-hybridized carbons (Fsp3) is 0.949. The van der Waals surface area contributed by atoms with Crippen LogP contribution in [0.3, 0.4) is 0 Å². The van der Waals surface area contributed by atoms with Gasteiger partial charge in [0.05, 0.1) is 26.4 Å². The fourth-order valence-electron chi connectivity index (χ4n) is 12.1. The van der Waals surface area contributed by atoms with E-state index in [1.165, 1.54) is 244 Å². The number of unbranched alkanes of at least 4 members (excludes halogenated alkanes) is 53. The van der Waals surface area contributed by atoms with Crippen LogP contribution < -0.4 is 0 Å². The van der Waals surface area contributed by atoms with Crippen LogP contribution in [-0.4, -0.2) is 96.7 Å². The van der Waals surface area contributed by atoms with Crippen molar-refractivity contribution in [2.45, 2.75) is 438 Å². The molecule has 3 N–H and O–H groups in total. The Morgan fingerprint density at radius 2 is 0.412 bits per heavy atom. The second-order valence-electron chi connectivity index (χ2n) is 28.1. The molecule has 0 heterocycles. The van der Waals surface area contributed by atoms with Crippen LogP contribution in [0.4, 0.5) is 0 Å². The Kier molecular flexibility index (Phi) is 71.0. The molecule has 0 aromatic heterocycles. The number of aliphatic hydroxyl groups excluding tert-OH is 1. The smallest absolute Gasteiger partial charge is 0.462 e.